The van der Waals surface area contributed by atoms with Crippen LogP contribution in [0.5, 0.6) is 0 Å². The summed E-state index contributed by atoms with van der Waals surface area (Å²) in [4.78, 5) is 18.0. The van der Waals surface area contributed by atoms with Crippen molar-refractivity contribution in [3.8, 4) is 6.07 Å². The van der Waals surface area contributed by atoms with E-state index in [1.54, 1.807) is 17.5 Å². The summed E-state index contributed by atoms with van der Waals surface area (Å²) in [6.45, 7) is 0.563. The fraction of sp³-hybridized carbons (Fsp3) is 0.182. The average molecular weight is 275 g/mol. The summed E-state index contributed by atoms with van der Waals surface area (Å²) >= 11 is 1.55. The molecule has 0 amide bonds. The van der Waals surface area contributed by atoms with Crippen molar-refractivity contribution >= 4 is 22.8 Å². The van der Waals surface area contributed by atoms with Crippen LogP contribution in [-0.4, -0.2) is 21.4 Å². The Morgan fingerprint density at radius 2 is 2.37 bits per heavy atom. The maximum atomic E-state index is 10.6. The first-order valence-electron chi connectivity index (χ1n) is 5.37. The van der Waals surface area contributed by atoms with Gasteiger partial charge in [-0.3, -0.25) is 10.1 Å². The zero-order chi connectivity index (χ0) is 13.7. The van der Waals surface area contributed by atoms with Gasteiger partial charge < -0.3 is 5.32 Å². The van der Waals surface area contributed by atoms with Gasteiger partial charge in [-0.1, -0.05) is 0 Å². The first-order valence-corrected chi connectivity index (χ1v) is 6.25. The number of hydrogen-bond donors (Lipinski definition) is 1. The lowest BCUT2D eigenvalue weighted by molar-refractivity contribution is -0.385. The van der Waals surface area contributed by atoms with Crippen molar-refractivity contribution in [3.63, 3.8) is 0 Å². The smallest absolute Gasteiger partial charge is 0.289 e. The summed E-state index contributed by atoms with van der Waals surface area (Å²) in [5.74, 6) is 0.352. The summed E-state index contributed by atoms with van der Waals surface area (Å²) in [5, 5.41) is 25.4. The highest BCUT2D eigenvalue weighted by atomic mass is 32.1. The molecule has 0 atom stereocenters. The molecule has 0 aromatic carbocycles. The summed E-state index contributed by atoms with van der Waals surface area (Å²) in [6.07, 6.45) is 3.57. The van der Waals surface area contributed by atoms with Crippen LogP contribution in [0.1, 0.15) is 10.6 Å². The molecule has 0 saturated carbocycles. The van der Waals surface area contributed by atoms with Crippen molar-refractivity contribution in [1.82, 2.24) is 9.97 Å². The van der Waals surface area contributed by atoms with Gasteiger partial charge in [0.15, 0.2) is 0 Å². The molecule has 7 nitrogen and oxygen atoms in total. The molecule has 0 aliphatic carbocycles. The van der Waals surface area contributed by atoms with Crippen LogP contribution >= 0.6 is 11.3 Å². The minimum absolute atomic E-state index is 0.160. The molecular formula is C11H9N5O2S. The second kappa shape index (κ2) is 5.88. The molecule has 96 valence electrons. The molecular weight excluding hydrogens is 266 g/mol. The molecule has 0 unspecified atom stereocenters. The van der Waals surface area contributed by atoms with Crippen LogP contribution in [0.15, 0.2) is 23.8 Å². The molecule has 2 aromatic rings. The maximum Gasteiger partial charge on any atom is 0.289 e. The first kappa shape index (κ1) is 12.9. The number of pyridine rings is 1. The van der Waals surface area contributed by atoms with E-state index >= 15 is 0 Å². The van der Waals surface area contributed by atoms with Crippen LogP contribution < -0.4 is 5.32 Å². The molecule has 0 aliphatic rings. The van der Waals surface area contributed by atoms with Gasteiger partial charge >= 0.3 is 0 Å². The highest BCUT2D eigenvalue weighted by Crippen LogP contribution is 2.18. The lowest BCUT2D eigenvalue weighted by atomic mass is 10.2. The molecule has 19 heavy (non-hydrogen) atoms. The number of hydrogen-bond acceptors (Lipinski definition) is 7. The number of anilines is 1. The van der Waals surface area contributed by atoms with Crippen LogP contribution in [0.4, 0.5) is 11.5 Å². The third-order valence-corrected chi connectivity index (χ3v) is 3.16. The van der Waals surface area contributed by atoms with E-state index < -0.39 is 4.92 Å². The maximum absolute atomic E-state index is 10.6. The third kappa shape index (κ3) is 3.23. The summed E-state index contributed by atoms with van der Waals surface area (Å²) in [6, 6.07) is 3.10. The number of nitriles is 1. The Morgan fingerprint density at radius 3 is 3.00 bits per heavy atom. The largest absolute Gasteiger partial charge is 0.369 e. The number of aromatic nitrogens is 2. The van der Waals surface area contributed by atoms with Gasteiger partial charge in [-0.15, -0.1) is 11.3 Å². The van der Waals surface area contributed by atoms with Gasteiger partial charge in [-0.05, 0) is 0 Å². The Balaban J connectivity index is 2.04. The number of rotatable bonds is 5. The standard InChI is InChI=1S/C11H9N5O2S/c12-6-8-5-9(16(17)18)7-15-11(8)14-2-1-10-13-3-4-19-10/h3-5,7H,1-2H2,(H,14,15). The Kier molecular flexibility index (Phi) is 4.00. The van der Waals surface area contributed by atoms with E-state index in [1.165, 1.54) is 6.07 Å². The minimum atomic E-state index is -0.576. The molecule has 0 saturated heterocycles. The second-order valence-corrected chi connectivity index (χ2v) is 4.54. The normalized spacial score (nSPS) is 9.84. The van der Waals surface area contributed by atoms with E-state index in [-0.39, 0.29) is 11.3 Å². The zero-order valence-electron chi connectivity index (χ0n) is 9.74. The summed E-state index contributed by atoms with van der Waals surface area (Å²) < 4.78 is 0. The van der Waals surface area contributed by atoms with Gasteiger partial charge in [0.05, 0.1) is 9.93 Å². The van der Waals surface area contributed by atoms with E-state index in [2.05, 4.69) is 15.3 Å². The van der Waals surface area contributed by atoms with Crippen molar-refractivity contribution < 1.29 is 4.92 Å². The average Bonchev–Trinajstić information content (AvgIpc) is 2.92. The Bertz CT molecular complexity index is 621. The number of nitro groups is 1. The van der Waals surface area contributed by atoms with Gasteiger partial charge in [0, 0.05) is 30.6 Å². The topological polar surface area (TPSA) is 105 Å². The highest BCUT2D eigenvalue weighted by molar-refractivity contribution is 7.09. The highest BCUT2D eigenvalue weighted by Gasteiger charge is 2.11. The van der Waals surface area contributed by atoms with Gasteiger partial charge in [-0.25, -0.2) is 9.97 Å². The first-order chi connectivity index (χ1) is 9.20. The van der Waals surface area contributed by atoms with Crippen LogP contribution in [-0.2, 0) is 6.42 Å². The quantitative estimate of drug-likeness (QED) is 0.660. The predicted octanol–water partition coefficient (Wildman–Crippen LogP) is 1.97. The van der Waals surface area contributed by atoms with E-state index in [4.69, 9.17) is 5.26 Å². The van der Waals surface area contributed by atoms with E-state index in [9.17, 15) is 10.1 Å². The molecule has 2 aromatic heterocycles. The van der Waals surface area contributed by atoms with Gasteiger partial charge in [0.1, 0.15) is 23.6 Å². The van der Waals surface area contributed by atoms with Crippen molar-refractivity contribution in [1.29, 1.82) is 5.26 Å². The lowest BCUT2D eigenvalue weighted by Crippen LogP contribution is -2.08. The Morgan fingerprint density at radius 1 is 1.53 bits per heavy atom. The van der Waals surface area contributed by atoms with Crippen molar-refractivity contribution in [3.05, 3.63) is 44.5 Å². The minimum Gasteiger partial charge on any atom is -0.369 e. The lowest BCUT2D eigenvalue weighted by Gasteiger charge is -2.05. The molecule has 2 heterocycles. The third-order valence-electron chi connectivity index (χ3n) is 2.32. The monoisotopic (exact) mass is 275 g/mol. The molecule has 8 heteroatoms. The fourth-order valence-corrected chi connectivity index (χ4v) is 2.06. The molecule has 0 fully saturated rings. The Labute approximate surface area is 112 Å². The van der Waals surface area contributed by atoms with Gasteiger partial charge in [-0.2, -0.15) is 5.26 Å². The van der Waals surface area contributed by atoms with Crippen LogP contribution in [0.3, 0.4) is 0 Å². The van der Waals surface area contributed by atoms with E-state index in [0.29, 0.717) is 18.8 Å². The van der Waals surface area contributed by atoms with Gasteiger partial charge in [0.25, 0.3) is 5.69 Å². The van der Waals surface area contributed by atoms with Gasteiger partial charge in [0.2, 0.25) is 0 Å². The number of nitrogens with zero attached hydrogens (tertiary/aromatic N) is 4. The SMILES string of the molecule is N#Cc1cc([N+](=O)[O-])cnc1NCCc1nccs1. The molecule has 1 N–H and O–H groups in total. The van der Waals surface area contributed by atoms with Crippen molar-refractivity contribution in [2.75, 3.05) is 11.9 Å². The summed E-state index contributed by atoms with van der Waals surface area (Å²) in [7, 11) is 0. The number of nitrogens with one attached hydrogen (secondary N) is 1. The molecule has 0 radical (unpaired) electrons. The van der Waals surface area contributed by atoms with Crippen molar-refractivity contribution in [2.45, 2.75) is 6.42 Å². The Hall–Kier alpha value is -2.53. The second-order valence-electron chi connectivity index (χ2n) is 3.56. The molecule has 2 rings (SSSR count). The molecule has 0 aliphatic heterocycles. The van der Waals surface area contributed by atoms with Crippen LogP contribution in [0.25, 0.3) is 0 Å². The van der Waals surface area contributed by atoms with Crippen LogP contribution in [0, 0.1) is 21.4 Å². The number of thiazole rings is 1. The van der Waals surface area contributed by atoms with Crippen molar-refractivity contribution in [2.24, 2.45) is 0 Å². The van der Waals surface area contributed by atoms with E-state index in [0.717, 1.165) is 11.2 Å². The fourth-order valence-electron chi connectivity index (χ4n) is 1.44. The molecule has 0 spiro atoms. The molecule has 0 bridgehead atoms. The zero-order valence-corrected chi connectivity index (χ0v) is 10.6. The summed E-state index contributed by atoms with van der Waals surface area (Å²) in [5.41, 5.74) is -0.0321. The predicted molar refractivity (Wildman–Crippen MR) is 69.9 cm³/mol. The van der Waals surface area contributed by atoms with Crippen LogP contribution in [0.2, 0.25) is 0 Å². The van der Waals surface area contributed by atoms with E-state index in [1.807, 2.05) is 11.4 Å².